The van der Waals surface area contributed by atoms with Crippen molar-refractivity contribution in [3.63, 3.8) is 0 Å². The van der Waals surface area contributed by atoms with Crippen molar-refractivity contribution in [2.24, 2.45) is 0 Å². The Morgan fingerprint density at radius 3 is 2.40 bits per heavy atom. The molecule has 0 aromatic heterocycles. The van der Waals surface area contributed by atoms with Gasteiger partial charge in [0.25, 0.3) is 11.8 Å². The van der Waals surface area contributed by atoms with E-state index in [9.17, 15) is 18.6 Å². The lowest BCUT2D eigenvalue weighted by Gasteiger charge is -2.12. The monoisotopic (exact) mass is 323 g/mol. The summed E-state index contributed by atoms with van der Waals surface area (Å²) in [6.07, 6.45) is 3.43. The van der Waals surface area contributed by atoms with Gasteiger partial charge >= 0.3 is 5.97 Å². The van der Waals surface area contributed by atoms with Gasteiger partial charge in [-0.1, -0.05) is 6.42 Å². The maximum absolute atomic E-state index is 11.4. The second kappa shape index (κ2) is 7.65. The molecule has 1 unspecified atom stereocenters. The van der Waals surface area contributed by atoms with Crippen molar-refractivity contribution in [2.45, 2.75) is 38.5 Å². The normalized spacial score (nSPS) is 18.1. The summed E-state index contributed by atoms with van der Waals surface area (Å²) in [5.74, 6) is -1.59. The molecule has 0 aromatic carbocycles. The molecule has 20 heavy (non-hydrogen) atoms. The number of unbranched alkanes of at least 4 members (excludes halogenated alkanes) is 2. The van der Waals surface area contributed by atoms with Crippen LogP contribution in [0.4, 0.5) is 0 Å². The summed E-state index contributed by atoms with van der Waals surface area (Å²) < 4.78 is 15.9. The molecule has 1 aliphatic rings. The summed E-state index contributed by atoms with van der Waals surface area (Å²) >= 11 is 4.57. The Labute approximate surface area is 122 Å². The van der Waals surface area contributed by atoms with Crippen molar-refractivity contribution in [3.8, 4) is 0 Å². The number of hydroxylamine groups is 2. The zero-order chi connectivity index (χ0) is 15.2. The van der Waals surface area contributed by atoms with Gasteiger partial charge in [-0.15, -0.1) is 5.06 Å². The maximum Gasteiger partial charge on any atom is 0.333 e. The van der Waals surface area contributed by atoms with Crippen molar-refractivity contribution >= 4 is 37.7 Å². The second-order valence-corrected chi connectivity index (χ2v) is 7.84. The van der Waals surface area contributed by atoms with Gasteiger partial charge in [-0.2, -0.15) is 0 Å². The third-order valence-electron chi connectivity index (χ3n) is 2.52. The average Bonchev–Trinajstić information content (AvgIpc) is 2.64. The van der Waals surface area contributed by atoms with Gasteiger partial charge in [0.2, 0.25) is 0 Å². The van der Waals surface area contributed by atoms with E-state index in [-0.39, 0.29) is 25.9 Å². The summed E-state index contributed by atoms with van der Waals surface area (Å²) in [5, 5.41) is 0.537. The molecule has 1 atom stereocenters. The molecule has 0 radical (unpaired) electrons. The Hall–Kier alpha value is -1.06. The largest absolute Gasteiger partial charge is 0.333 e. The van der Waals surface area contributed by atoms with Crippen LogP contribution in [0.15, 0.2) is 0 Å². The fourth-order valence-corrected chi connectivity index (χ4v) is 2.19. The fraction of sp³-hybridized carbons (Fsp3) is 0.727. The third kappa shape index (κ3) is 6.40. The minimum absolute atomic E-state index is 0.0842. The maximum atomic E-state index is 11.4. The fourth-order valence-electron chi connectivity index (χ4n) is 1.56. The molecule has 2 amide bonds. The predicted molar refractivity (Wildman–Crippen MR) is 73.0 cm³/mol. The highest BCUT2D eigenvalue weighted by molar-refractivity contribution is 8.29. The first-order valence-electron chi connectivity index (χ1n) is 6.20. The van der Waals surface area contributed by atoms with Crippen molar-refractivity contribution in [1.82, 2.24) is 5.06 Å². The highest BCUT2D eigenvalue weighted by atomic mass is 32.8. The van der Waals surface area contributed by atoms with Crippen molar-refractivity contribution in [1.29, 1.82) is 0 Å². The molecule has 0 aliphatic carbocycles. The van der Waals surface area contributed by atoms with Crippen LogP contribution in [0.5, 0.6) is 0 Å². The van der Waals surface area contributed by atoms with Crippen molar-refractivity contribution < 1.29 is 27.6 Å². The highest BCUT2D eigenvalue weighted by Gasteiger charge is 2.32. The Morgan fingerprint density at radius 2 is 1.85 bits per heavy atom. The Balaban J connectivity index is 2.12. The molecule has 0 saturated carbocycles. The topological polar surface area (TPSA) is 90.0 Å². The van der Waals surface area contributed by atoms with Gasteiger partial charge in [0, 0.05) is 36.7 Å². The van der Waals surface area contributed by atoms with Crippen molar-refractivity contribution in [2.75, 3.05) is 12.9 Å². The van der Waals surface area contributed by atoms with E-state index in [1.165, 1.54) is 6.26 Å². The summed E-state index contributed by atoms with van der Waals surface area (Å²) in [6, 6.07) is 0. The SMILES string of the molecule is CS(=O)(=S)OCCCCCC(=O)ON1C(=O)CCC1=O. The zero-order valence-corrected chi connectivity index (χ0v) is 12.8. The molecule has 0 spiro atoms. The third-order valence-corrected chi connectivity index (χ3v) is 3.41. The molecular weight excluding hydrogens is 306 g/mol. The average molecular weight is 323 g/mol. The first kappa shape index (κ1) is 17.0. The summed E-state index contributed by atoms with van der Waals surface area (Å²) in [5.41, 5.74) is 0. The molecule has 1 aliphatic heterocycles. The van der Waals surface area contributed by atoms with Gasteiger partial charge in [-0.05, 0) is 12.8 Å². The quantitative estimate of drug-likeness (QED) is 0.473. The first-order chi connectivity index (χ1) is 9.29. The van der Waals surface area contributed by atoms with Crippen LogP contribution in [0.2, 0.25) is 0 Å². The lowest BCUT2D eigenvalue weighted by Crippen LogP contribution is -2.31. The van der Waals surface area contributed by atoms with Gasteiger partial charge in [0.1, 0.15) is 8.77 Å². The van der Waals surface area contributed by atoms with Crippen LogP contribution >= 0.6 is 0 Å². The number of amides is 2. The Bertz CT molecular complexity index is 471. The lowest BCUT2D eigenvalue weighted by molar-refractivity contribution is -0.197. The number of imide groups is 1. The standard InChI is InChI=1S/C11H17NO6S2/c1-20(16,19)17-8-4-2-3-5-11(15)18-12-9(13)6-7-10(12)14/h2-8H2,1H3. The number of hydrogen-bond acceptors (Lipinski definition) is 7. The molecule has 9 heteroatoms. The summed E-state index contributed by atoms with van der Waals surface area (Å²) in [4.78, 5) is 38.5. The van der Waals surface area contributed by atoms with Gasteiger partial charge in [-0.3, -0.25) is 13.8 Å². The smallest absolute Gasteiger partial charge is 0.330 e. The van der Waals surface area contributed by atoms with Gasteiger partial charge in [-0.25, -0.2) is 9.00 Å². The highest BCUT2D eigenvalue weighted by Crippen LogP contribution is 2.13. The minimum atomic E-state index is -2.60. The molecule has 0 aromatic rings. The van der Waals surface area contributed by atoms with Crippen LogP contribution in [0.3, 0.4) is 0 Å². The van der Waals surface area contributed by atoms with Crippen LogP contribution in [0, 0.1) is 0 Å². The summed E-state index contributed by atoms with van der Waals surface area (Å²) in [7, 11) is -2.60. The lowest BCUT2D eigenvalue weighted by atomic mass is 10.2. The molecular formula is C11H17NO6S2. The Morgan fingerprint density at radius 1 is 1.25 bits per heavy atom. The van der Waals surface area contributed by atoms with E-state index in [1.807, 2.05) is 0 Å². The van der Waals surface area contributed by atoms with E-state index in [1.54, 1.807) is 0 Å². The molecule has 1 rings (SSSR count). The Kier molecular flexibility index (Phi) is 6.50. The summed E-state index contributed by atoms with van der Waals surface area (Å²) in [6.45, 7) is 0.275. The van der Waals surface area contributed by atoms with E-state index in [0.29, 0.717) is 24.3 Å². The number of hydrogen-bond donors (Lipinski definition) is 0. The molecule has 1 fully saturated rings. The van der Waals surface area contributed by atoms with Gasteiger partial charge in [0.15, 0.2) is 0 Å². The van der Waals surface area contributed by atoms with Gasteiger partial charge < -0.3 is 4.84 Å². The van der Waals surface area contributed by atoms with Crippen LogP contribution in [0.1, 0.15) is 38.5 Å². The van der Waals surface area contributed by atoms with E-state index in [0.717, 1.165) is 0 Å². The van der Waals surface area contributed by atoms with E-state index < -0.39 is 26.6 Å². The van der Waals surface area contributed by atoms with E-state index in [4.69, 9.17) is 9.02 Å². The number of rotatable bonds is 8. The molecule has 114 valence electrons. The number of nitrogens with zero attached hydrogens (tertiary/aromatic N) is 1. The van der Waals surface area contributed by atoms with Crippen LogP contribution in [0.25, 0.3) is 0 Å². The molecule has 0 N–H and O–H groups in total. The van der Waals surface area contributed by atoms with Crippen LogP contribution < -0.4 is 0 Å². The van der Waals surface area contributed by atoms with Gasteiger partial charge in [0.05, 0.1) is 6.61 Å². The van der Waals surface area contributed by atoms with E-state index in [2.05, 4.69) is 11.2 Å². The molecule has 1 heterocycles. The second-order valence-electron chi connectivity index (χ2n) is 4.38. The molecule has 1 saturated heterocycles. The number of carbonyl (C=O) groups is 3. The molecule has 7 nitrogen and oxygen atoms in total. The van der Waals surface area contributed by atoms with Crippen LogP contribution in [-0.4, -0.2) is 39.9 Å². The first-order valence-corrected chi connectivity index (χ1v) is 9.02. The zero-order valence-electron chi connectivity index (χ0n) is 11.2. The van der Waals surface area contributed by atoms with Crippen molar-refractivity contribution in [3.05, 3.63) is 0 Å². The minimum Gasteiger partial charge on any atom is -0.330 e. The molecule has 0 bridgehead atoms. The van der Waals surface area contributed by atoms with E-state index >= 15 is 0 Å². The van der Waals surface area contributed by atoms with Crippen LogP contribution in [-0.2, 0) is 43.4 Å². The predicted octanol–water partition coefficient (Wildman–Crippen LogP) is 0.462. The number of carbonyl (C=O) groups excluding carboxylic acids is 3.